The number of carbonyl (C=O) groups is 2. The minimum absolute atomic E-state index is 0.0125. The molecule has 0 radical (unpaired) electrons. The first kappa shape index (κ1) is 23.2. The number of amides is 1. The fourth-order valence-corrected chi connectivity index (χ4v) is 5.58. The molecule has 0 saturated carbocycles. The van der Waals surface area contributed by atoms with Gasteiger partial charge in [0.15, 0.2) is 15.9 Å². The summed E-state index contributed by atoms with van der Waals surface area (Å²) in [5.41, 5.74) is 1.41. The molecule has 0 aliphatic carbocycles. The predicted octanol–water partition coefficient (Wildman–Crippen LogP) is 5.57. The van der Waals surface area contributed by atoms with E-state index in [0.29, 0.717) is 20.7 Å². The largest absolute Gasteiger partial charge is 0.508 e. The summed E-state index contributed by atoms with van der Waals surface area (Å²) >= 11 is 8.54. The van der Waals surface area contributed by atoms with Crippen LogP contribution in [0.3, 0.4) is 0 Å². The number of aromatic nitrogens is 2. The van der Waals surface area contributed by atoms with Crippen molar-refractivity contribution >= 4 is 51.5 Å². The van der Waals surface area contributed by atoms with Gasteiger partial charge in [0, 0.05) is 10.8 Å². The van der Waals surface area contributed by atoms with Gasteiger partial charge in [-0.15, -0.1) is 10.2 Å². The minimum Gasteiger partial charge on any atom is -0.508 e. The van der Waals surface area contributed by atoms with E-state index in [1.54, 1.807) is 30.3 Å². The SMILES string of the molecule is O=C(C1=C(O)C(=O)N(c2nnc(SCc3ccc(Cl)cc3)s2)C1c1ccc(O)cc1)c1ccco1. The van der Waals surface area contributed by atoms with Crippen LogP contribution >= 0.6 is 34.7 Å². The van der Waals surface area contributed by atoms with Crippen molar-refractivity contribution < 1.29 is 24.2 Å². The number of anilines is 1. The molecule has 0 fully saturated rings. The number of furan rings is 1. The number of thioether (sulfide) groups is 1. The van der Waals surface area contributed by atoms with Crippen molar-refractivity contribution in [3.05, 3.63) is 100 Å². The van der Waals surface area contributed by atoms with Crippen molar-refractivity contribution in [1.29, 1.82) is 0 Å². The second-order valence-electron chi connectivity index (χ2n) is 7.50. The molecule has 1 aliphatic heterocycles. The molecule has 35 heavy (non-hydrogen) atoms. The van der Waals surface area contributed by atoms with Gasteiger partial charge in [0.1, 0.15) is 5.75 Å². The van der Waals surface area contributed by atoms with Crippen LogP contribution in [0.1, 0.15) is 27.7 Å². The number of hydrogen-bond acceptors (Lipinski definition) is 9. The molecular formula is C24H16ClN3O5S2. The van der Waals surface area contributed by atoms with Crippen LogP contribution in [0.15, 0.2) is 87.0 Å². The number of aromatic hydroxyl groups is 1. The summed E-state index contributed by atoms with van der Waals surface area (Å²) in [6, 6.07) is 15.5. The zero-order valence-corrected chi connectivity index (χ0v) is 20.2. The zero-order valence-electron chi connectivity index (χ0n) is 17.8. The predicted molar refractivity (Wildman–Crippen MR) is 132 cm³/mol. The lowest BCUT2D eigenvalue weighted by molar-refractivity contribution is -0.117. The molecule has 2 N–H and O–H groups in total. The lowest BCUT2D eigenvalue weighted by Crippen LogP contribution is -2.31. The van der Waals surface area contributed by atoms with Crippen LogP contribution in [0.4, 0.5) is 5.13 Å². The van der Waals surface area contributed by atoms with Crippen LogP contribution in [-0.4, -0.2) is 32.1 Å². The number of aliphatic hydroxyl groups is 1. The Hall–Kier alpha value is -3.60. The number of phenolic OH excluding ortho intramolecular Hbond substituents is 1. The van der Waals surface area contributed by atoms with Gasteiger partial charge >= 0.3 is 0 Å². The molecule has 0 saturated heterocycles. The molecule has 11 heteroatoms. The van der Waals surface area contributed by atoms with Gasteiger partial charge in [0.25, 0.3) is 5.91 Å². The van der Waals surface area contributed by atoms with Crippen LogP contribution in [-0.2, 0) is 10.5 Å². The normalized spacial score (nSPS) is 15.7. The Bertz CT molecular complexity index is 1420. The maximum Gasteiger partial charge on any atom is 0.296 e. The number of benzene rings is 2. The van der Waals surface area contributed by atoms with Crippen LogP contribution < -0.4 is 4.90 Å². The fraction of sp³-hybridized carbons (Fsp3) is 0.0833. The Morgan fingerprint density at radius 2 is 1.83 bits per heavy atom. The average Bonchev–Trinajstić information content (AvgIpc) is 3.60. The summed E-state index contributed by atoms with van der Waals surface area (Å²) in [6.07, 6.45) is 1.34. The van der Waals surface area contributed by atoms with Gasteiger partial charge in [-0.25, -0.2) is 0 Å². The number of phenols is 1. The molecule has 3 heterocycles. The lowest BCUT2D eigenvalue weighted by Gasteiger charge is -2.23. The van der Waals surface area contributed by atoms with Crippen LogP contribution in [0.2, 0.25) is 5.02 Å². The summed E-state index contributed by atoms with van der Waals surface area (Å²) in [4.78, 5) is 27.6. The summed E-state index contributed by atoms with van der Waals surface area (Å²) in [5, 5.41) is 29.7. The number of nitrogens with zero attached hydrogens (tertiary/aromatic N) is 3. The summed E-state index contributed by atoms with van der Waals surface area (Å²) < 4.78 is 5.83. The van der Waals surface area contributed by atoms with Crippen molar-refractivity contribution in [2.24, 2.45) is 0 Å². The van der Waals surface area contributed by atoms with E-state index in [0.717, 1.165) is 5.56 Å². The van der Waals surface area contributed by atoms with Crippen LogP contribution in [0, 0.1) is 0 Å². The average molecular weight is 526 g/mol. The Balaban J connectivity index is 1.48. The molecule has 0 bridgehead atoms. The number of aliphatic hydroxyl groups excluding tert-OH is 1. The van der Waals surface area contributed by atoms with Crippen molar-refractivity contribution in [1.82, 2.24) is 10.2 Å². The molecule has 2 aromatic heterocycles. The second-order valence-corrected chi connectivity index (χ2v) is 10.1. The minimum atomic E-state index is -0.984. The van der Waals surface area contributed by atoms with Crippen LogP contribution in [0.25, 0.3) is 0 Å². The highest BCUT2D eigenvalue weighted by atomic mass is 35.5. The van der Waals surface area contributed by atoms with E-state index in [9.17, 15) is 19.8 Å². The standard InChI is InChI=1S/C24H16ClN3O5S2/c25-15-7-3-13(4-8-15)12-34-24-27-26-23(35-24)28-19(14-5-9-16(29)10-6-14)18(21(31)22(28)32)20(30)17-2-1-11-33-17/h1-11,19,29,31H,12H2. The van der Waals surface area contributed by atoms with Gasteiger partial charge in [0.2, 0.25) is 10.9 Å². The third-order valence-electron chi connectivity index (χ3n) is 5.28. The van der Waals surface area contributed by atoms with E-state index in [4.69, 9.17) is 16.0 Å². The first-order valence-electron chi connectivity index (χ1n) is 10.3. The quantitative estimate of drug-likeness (QED) is 0.183. The molecule has 0 spiro atoms. The molecule has 4 aromatic rings. The Morgan fingerprint density at radius 3 is 2.51 bits per heavy atom. The number of rotatable bonds is 7. The molecule has 5 rings (SSSR count). The van der Waals surface area contributed by atoms with E-state index < -0.39 is 23.5 Å². The number of hydrogen-bond donors (Lipinski definition) is 2. The summed E-state index contributed by atoms with van der Waals surface area (Å²) in [6.45, 7) is 0. The molecule has 1 unspecified atom stereocenters. The molecule has 176 valence electrons. The topological polar surface area (TPSA) is 117 Å². The Kier molecular flexibility index (Phi) is 6.33. The number of carbonyl (C=O) groups excluding carboxylic acids is 2. The van der Waals surface area contributed by atoms with Gasteiger partial charge in [-0.3, -0.25) is 14.5 Å². The molecule has 2 aromatic carbocycles. The third-order valence-corrected chi connectivity index (χ3v) is 7.66. The van der Waals surface area contributed by atoms with Crippen molar-refractivity contribution in [2.45, 2.75) is 16.1 Å². The lowest BCUT2D eigenvalue weighted by atomic mass is 9.95. The highest BCUT2D eigenvalue weighted by Crippen LogP contribution is 2.44. The molecule has 1 aliphatic rings. The van der Waals surface area contributed by atoms with E-state index in [1.165, 1.54) is 52.5 Å². The first-order chi connectivity index (χ1) is 16.9. The van der Waals surface area contributed by atoms with E-state index in [1.807, 2.05) is 12.1 Å². The van der Waals surface area contributed by atoms with E-state index in [2.05, 4.69) is 10.2 Å². The molecule has 8 nitrogen and oxygen atoms in total. The van der Waals surface area contributed by atoms with Crippen LogP contribution in [0.5, 0.6) is 5.75 Å². The maximum atomic E-state index is 13.2. The van der Waals surface area contributed by atoms with Crippen molar-refractivity contribution in [3.8, 4) is 5.75 Å². The molecule has 1 atom stereocenters. The van der Waals surface area contributed by atoms with Gasteiger partial charge < -0.3 is 14.6 Å². The first-order valence-corrected chi connectivity index (χ1v) is 12.4. The Labute approximate surface area is 212 Å². The van der Waals surface area contributed by atoms with Gasteiger partial charge in [0.05, 0.1) is 17.9 Å². The van der Waals surface area contributed by atoms with Crippen molar-refractivity contribution in [3.63, 3.8) is 0 Å². The van der Waals surface area contributed by atoms with Gasteiger partial charge in [-0.2, -0.15) is 0 Å². The highest BCUT2D eigenvalue weighted by molar-refractivity contribution is 8.00. The Morgan fingerprint density at radius 1 is 1.09 bits per heavy atom. The van der Waals surface area contributed by atoms with Gasteiger partial charge in [-0.1, -0.05) is 59.0 Å². The number of Topliss-reactive ketones (excluding diaryl/α,β-unsaturated/α-hetero) is 1. The number of halogens is 1. The highest BCUT2D eigenvalue weighted by Gasteiger charge is 2.46. The maximum absolute atomic E-state index is 13.2. The van der Waals surface area contributed by atoms with Gasteiger partial charge in [-0.05, 0) is 47.5 Å². The summed E-state index contributed by atoms with van der Waals surface area (Å²) in [7, 11) is 0. The van der Waals surface area contributed by atoms with E-state index in [-0.39, 0.29) is 22.2 Å². The van der Waals surface area contributed by atoms with Crippen molar-refractivity contribution in [2.75, 3.05) is 4.90 Å². The van der Waals surface area contributed by atoms with E-state index >= 15 is 0 Å². The zero-order chi connectivity index (χ0) is 24.5. The second kappa shape index (κ2) is 9.57. The summed E-state index contributed by atoms with van der Waals surface area (Å²) in [5.74, 6) is -1.45. The number of ketones is 1. The third kappa shape index (κ3) is 4.55. The fourth-order valence-electron chi connectivity index (χ4n) is 3.63. The molecule has 1 amide bonds. The smallest absolute Gasteiger partial charge is 0.296 e. The molecular weight excluding hydrogens is 510 g/mol. The monoisotopic (exact) mass is 525 g/mol.